The van der Waals surface area contributed by atoms with E-state index in [1.165, 1.54) is 0 Å². The summed E-state index contributed by atoms with van der Waals surface area (Å²) in [6.45, 7) is 9.70. The largest absolute Gasteiger partial charge is 0.501 e. The van der Waals surface area contributed by atoms with Crippen LogP contribution in [-0.4, -0.2) is 85.9 Å². The summed E-state index contributed by atoms with van der Waals surface area (Å²) < 4.78 is 18.0. The molecule has 0 amide bonds. The molecule has 3 aliphatic heterocycles. The first-order chi connectivity index (χ1) is 10.3. The molecule has 0 aromatic carbocycles. The lowest BCUT2D eigenvalue weighted by Crippen LogP contribution is -2.55. The van der Waals surface area contributed by atoms with Crippen LogP contribution in [0.1, 0.15) is 6.42 Å². The number of nitrogens with two attached hydrogens (primary N) is 1. The van der Waals surface area contributed by atoms with Gasteiger partial charge in [-0.2, -0.15) is 0 Å². The quantitative estimate of drug-likeness (QED) is 0.365. The molecule has 124 valence electrons. The average molecular weight is 318 g/mol. The van der Waals surface area contributed by atoms with Gasteiger partial charge in [-0.3, -0.25) is 4.90 Å². The Morgan fingerprint density at radius 1 is 0.857 bits per heavy atom. The maximum absolute atomic E-state index is 6.00. The average Bonchev–Trinajstić information content (AvgIpc) is 2.42. The smallest absolute Gasteiger partial charge is 0.372 e. The highest BCUT2D eigenvalue weighted by Gasteiger charge is 2.43. The monoisotopic (exact) mass is 318 g/mol. The molecule has 3 fully saturated rings. The van der Waals surface area contributed by atoms with Crippen LogP contribution in [0.3, 0.4) is 0 Å². The molecule has 4 N–H and O–H groups in total. The third-order valence-corrected chi connectivity index (χ3v) is 6.72. The molecule has 0 spiro atoms. The van der Waals surface area contributed by atoms with Gasteiger partial charge >= 0.3 is 8.80 Å². The maximum atomic E-state index is 6.00. The van der Waals surface area contributed by atoms with Gasteiger partial charge in [0.25, 0.3) is 0 Å². The van der Waals surface area contributed by atoms with Crippen molar-refractivity contribution in [2.45, 2.75) is 12.5 Å². The van der Waals surface area contributed by atoms with E-state index in [0.29, 0.717) is 6.54 Å². The molecule has 2 bridgehead atoms. The summed E-state index contributed by atoms with van der Waals surface area (Å²) in [6.07, 6.45) is 1.03. The zero-order valence-electron chi connectivity index (χ0n) is 12.9. The van der Waals surface area contributed by atoms with Crippen LogP contribution in [0.4, 0.5) is 0 Å². The Morgan fingerprint density at radius 3 is 2.00 bits per heavy atom. The molecule has 0 radical (unpaired) electrons. The third kappa shape index (κ3) is 6.29. The zero-order valence-corrected chi connectivity index (χ0v) is 13.9. The lowest BCUT2D eigenvalue weighted by atomic mass is 10.4. The molecular formula is C13H30N4O3Si. The van der Waals surface area contributed by atoms with Crippen molar-refractivity contribution < 1.29 is 13.3 Å². The SMILES string of the molecule is NCCNCCNCCC[Si]12OCCN(CCO1)CCO2. The Balaban J connectivity index is 1.61. The number of nitrogens with zero attached hydrogens (tertiary/aromatic N) is 1. The van der Waals surface area contributed by atoms with Gasteiger partial charge in [0.1, 0.15) is 0 Å². The van der Waals surface area contributed by atoms with Crippen LogP contribution in [-0.2, 0) is 13.3 Å². The Hall–Kier alpha value is -0.0631. The molecular weight excluding hydrogens is 288 g/mol. The van der Waals surface area contributed by atoms with Crippen LogP contribution < -0.4 is 16.4 Å². The molecule has 7 nitrogen and oxygen atoms in total. The fraction of sp³-hybridized carbons (Fsp3) is 1.00. The first-order valence-corrected chi connectivity index (χ1v) is 10.0. The second kappa shape index (κ2) is 9.85. The molecule has 3 aliphatic rings. The van der Waals surface area contributed by atoms with Crippen LogP contribution in [0.15, 0.2) is 0 Å². The van der Waals surface area contributed by atoms with E-state index in [4.69, 9.17) is 19.0 Å². The van der Waals surface area contributed by atoms with Gasteiger partial charge in [0, 0.05) is 51.9 Å². The standard InChI is InChI=1S/C13H30N4O3Si/c14-2-4-16-6-5-15-3-1-13-21-18-10-7-17(8-11-19-21)9-12-20-21/h15-16H,1-14H2. The van der Waals surface area contributed by atoms with Crippen LogP contribution >= 0.6 is 0 Å². The normalized spacial score (nSPS) is 29.9. The highest BCUT2D eigenvalue weighted by atomic mass is 28.4. The highest BCUT2D eigenvalue weighted by molar-refractivity contribution is 6.60. The number of hydrogen-bond donors (Lipinski definition) is 3. The Kier molecular flexibility index (Phi) is 8.11. The first-order valence-electron chi connectivity index (χ1n) is 8.10. The third-order valence-electron chi connectivity index (χ3n) is 3.82. The summed E-state index contributed by atoms with van der Waals surface area (Å²) in [5.41, 5.74) is 5.42. The van der Waals surface area contributed by atoms with Crippen LogP contribution in [0.2, 0.25) is 6.04 Å². The van der Waals surface area contributed by atoms with E-state index in [-0.39, 0.29) is 0 Å². The van der Waals surface area contributed by atoms with Gasteiger partial charge in [0.2, 0.25) is 0 Å². The first kappa shape index (κ1) is 17.3. The van der Waals surface area contributed by atoms with Gasteiger partial charge in [-0.1, -0.05) is 0 Å². The van der Waals surface area contributed by atoms with Crippen molar-refractivity contribution in [2.24, 2.45) is 5.73 Å². The van der Waals surface area contributed by atoms with Crippen molar-refractivity contribution in [1.29, 1.82) is 0 Å². The second-order valence-corrected chi connectivity index (χ2v) is 8.19. The van der Waals surface area contributed by atoms with Gasteiger partial charge < -0.3 is 29.6 Å². The van der Waals surface area contributed by atoms with E-state index in [2.05, 4.69) is 15.5 Å². The number of hydrogen-bond acceptors (Lipinski definition) is 7. The summed E-state index contributed by atoms with van der Waals surface area (Å²) in [6, 6.07) is 0.913. The lowest BCUT2D eigenvalue weighted by molar-refractivity contribution is -0.00849. The molecule has 8 heteroatoms. The molecule has 0 saturated carbocycles. The van der Waals surface area contributed by atoms with E-state index in [1.807, 2.05) is 0 Å². The molecule has 0 aromatic heterocycles. The van der Waals surface area contributed by atoms with E-state index >= 15 is 0 Å². The van der Waals surface area contributed by atoms with Crippen molar-refractivity contribution in [3.8, 4) is 0 Å². The van der Waals surface area contributed by atoms with Crippen molar-refractivity contribution in [3.05, 3.63) is 0 Å². The molecule has 3 heterocycles. The van der Waals surface area contributed by atoms with Crippen LogP contribution in [0.25, 0.3) is 0 Å². The van der Waals surface area contributed by atoms with Gasteiger partial charge in [-0.15, -0.1) is 0 Å². The molecule has 0 unspecified atom stereocenters. The van der Waals surface area contributed by atoms with E-state index in [0.717, 1.165) is 78.1 Å². The minimum atomic E-state index is -2.41. The number of rotatable bonds is 9. The predicted molar refractivity (Wildman–Crippen MR) is 84.3 cm³/mol. The molecule has 0 atom stereocenters. The van der Waals surface area contributed by atoms with Crippen molar-refractivity contribution in [2.75, 3.05) is 72.2 Å². The van der Waals surface area contributed by atoms with Crippen molar-refractivity contribution in [1.82, 2.24) is 15.5 Å². The van der Waals surface area contributed by atoms with Gasteiger partial charge in [0.15, 0.2) is 0 Å². The lowest BCUT2D eigenvalue weighted by Gasteiger charge is -2.38. The Bertz CT molecular complexity index is 260. The Morgan fingerprint density at radius 2 is 1.43 bits per heavy atom. The van der Waals surface area contributed by atoms with Crippen molar-refractivity contribution in [3.63, 3.8) is 0 Å². The summed E-state index contributed by atoms with van der Waals surface area (Å²) in [4.78, 5) is 2.34. The molecule has 3 saturated heterocycles. The number of nitrogens with one attached hydrogen (secondary N) is 2. The Labute approximate surface area is 128 Å². The second-order valence-electron chi connectivity index (χ2n) is 5.46. The van der Waals surface area contributed by atoms with Gasteiger partial charge in [-0.05, 0) is 13.0 Å². The summed E-state index contributed by atoms with van der Waals surface area (Å²) in [5, 5.41) is 6.69. The van der Waals surface area contributed by atoms with Gasteiger partial charge in [0.05, 0.1) is 19.8 Å². The topological polar surface area (TPSA) is 81.0 Å². The summed E-state index contributed by atoms with van der Waals surface area (Å²) in [5.74, 6) is 0. The molecule has 3 rings (SSSR count). The summed E-state index contributed by atoms with van der Waals surface area (Å²) in [7, 11) is -2.41. The predicted octanol–water partition coefficient (Wildman–Crippen LogP) is -1.17. The zero-order chi connectivity index (χ0) is 14.8. The fourth-order valence-corrected chi connectivity index (χ4v) is 5.13. The van der Waals surface area contributed by atoms with Crippen molar-refractivity contribution >= 4 is 8.80 Å². The minimum absolute atomic E-state index is 0.692. The van der Waals surface area contributed by atoms with Crippen LogP contribution in [0, 0.1) is 0 Å². The highest BCUT2D eigenvalue weighted by Crippen LogP contribution is 2.21. The maximum Gasteiger partial charge on any atom is 0.501 e. The molecule has 0 aliphatic carbocycles. The van der Waals surface area contributed by atoms with Crippen LogP contribution in [0.5, 0.6) is 0 Å². The van der Waals surface area contributed by atoms with Gasteiger partial charge in [-0.25, -0.2) is 0 Å². The van der Waals surface area contributed by atoms with E-state index < -0.39 is 8.80 Å². The molecule has 21 heavy (non-hydrogen) atoms. The summed E-state index contributed by atoms with van der Waals surface area (Å²) >= 11 is 0. The fourth-order valence-electron chi connectivity index (χ4n) is 2.63. The van der Waals surface area contributed by atoms with E-state index in [1.54, 1.807) is 0 Å². The number of fused-ring (bicyclic) bond motifs is 6. The minimum Gasteiger partial charge on any atom is -0.372 e. The molecule has 0 aromatic rings. The van der Waals surface area contributed by atoms with E-state index in [9.17, 15) is 0 Å².